The van der Waals surface area contributed by atoms with Crippen molar-refractivity contribution in [2.45, 2.75) is 13.0 Å². The summed E-state index contributed by atoms with van der Waals surface area (Å²) in [6.07, 6.45) is 0. The molecule has 2 N–H and O–H groups in total. The molecule has 1 unspecified atom stereocenters. The van der Waals surface area contributed by atoms with Crippen molar-refractivity contribution in [2.24, 2.45) is 0 Å². The van der Waals surface area contributed by atoms with Crippen LogP contribution in [0.3, 0.4) is 0 Å². The van der Waals surface area contributed by atoms with Gasteiger partial charge in [-0.15, -0.1) is 11.3 Å². The second kappa shape index (κ2) is 4.43. The first-order valence-corrected chi connectivity index (χ1v) is 4.51. The van der Waals surface area contributed by atoms with Crippen LogP contribution in [0, 0.1) is 0 Å². The summed E-state index contributed by atoms with van der Waals surface area (Å²) in [5.74, 6) is 0. The lowest BCUT2D eigenvalue weighted by molar-refractivity contribution is 0.286. The monoisotopic (exact) mass is 172 g/mol. The Labute approximate surface area is 70.1 Å². The molecule has 0 saturated carbocycles. The van der Waals surface area contributed by atoms with Crippen LogP contribution in [0.1, 0.15) is 18.7 Å². The zero-order chi connectivity index (χ0) is 8.10. The smallest absolute Gasteiger partial charge is 0.0795 e. The van der Waals surface area contributed by atoms with Crippen LogP contribution in [0.4, 0.5) is 0 Å². The molecule has 0 amide bonds. The SMILES string of the molecule is CC(NCCO)c1cscn1. The quantitative estimate of drug-likeness (QED) is 0.705. The van der Waals surface area contributed by atoms with Gasteiger partial charge in [0.25, 0.3) is 0 Å². The van der Waals surface area contributed by atoms with Crippen molar-refractivity contribution >= 4 is 11.3 Å². The van der Waals surface area contributed by atoms with E-state index < -0.39 is 0 Å². The fourth-order valence-corrected chi connectivity index (χ4v) is 1.47. The summed E-state index contributed by atoms with van der Waals surface area (Å²) in [5.41, 5.74) is 2.86. The zero-order valence-electron chi connectivity index (χ0n) is 6.45. The van der Waals surface area contributed by atoms with Crippen molar-refractivity contribution in [3.63, 3.8) is 0 Å². The highest BCUT2D eigenvalue weighted by molar-refractivity contribution is 7.07. The van der Waals surface area contributed by atoms with Crippen molar-refractivity contribution in [1.29, 1.82) is 0 Å². The third-order valence-corrected chi connectivity index (χ3v) is 2.06. The van der Waals surface area contributed by atoms with E-state index in [1.54, 1.807) is 11.3 Å². The van der Waals surface area contributed by atoms with E-state index in [2.05, 4.69) is 10.3 Å². The molecule has 0 aliphatic heterocycles. The number of aromatic nitrogens is 1. The van der Waals surface area contributed by atoms with E-state index in [0.717, 1.165) is 5.69 Å². The first-order valence-electron chi connectivity index (χ1n) is 3.57. The molecule has 1 aromatic rings. The third-order valence-electron chi connectivity index (χ3n) is 1.46. The summed E-state index contributed by atoms with van der Waals surface area (Å²) >= 11 is 1.59. The Bertz CT molecular complexity index is 188. The van der Waals surface area contributed by atoms with Gasteiger partial charge in [-0.05, 0) is 6.92 Å². The van der Waals surface area contributed by atoms with Gasteiger partial charge in [0.05, 0.1) is 17.8 Å². The summed E-state index contributed by atoms with van der Waals surface area (Å²) < 4.78 is 0. The summed E-state index contributed by atoms with van der Waals surface area (Å²) in [7, 11) is 0. The molecule has 0 saturated heterocycles. The minimum absolute atomic E-state index is 0.175. The summed E-state index contributed by atoms with van der Waals surface area (Å²) in [6.45, 7) is 2.83. The Morgan fingerprint density at radius 3 is 3.18 bits per heavy atom. The molecule has 1 rings (SSSR count). The Morgan fingerprint density at radius 1 is 1.82 bits per heavy atom. The lowest BCUT2D eigenvalue weighted by Crippen LogP contribution is -2.22. The van der Waals surface area contributed by atoms with E-state index in [1.165, 1.54) is 0 Å². The lowest BCUT2D eigenvalue weighted by atomic mass is 10.3. The fourth-order valence-electron chi connectivity index (χ4n) is 0.821. The zero-order valence-corrected chi connectivity index (χ0v) is 7.27. The van der Waals surface area contributed by atoms with Gasteiger partial charge in [0.2, 0.25) is 0 Å². The van der Waals surface area contributed by atoms with Crippen LogP contribution in [0.2, 0.25) is 0 Å². The molecule has 0 radical (unpaired) electrons. The molecule has 1 aromatic heterocycles. The van der Waals surface area contributed by atoms with E-state index in [9.17, 15) is 0 Å². The van der Waals surface area contributed by atoms with Crippen LogP contribution < -0.4 is 5.32 Å². The first-order chi connectivity index (χ1) is 5.34. The average Bonchev–Trinajstić information content (AvgIpc) is 2.52. The van der Waals surface area contributed by atoms with Crippen LogP contribution in [-0.4, -0.2) is 23.2 Å². The van der Waals surface area contributed by atoms with Crippen LogP contribution in [0.25, 0.3) is 0 Å². The van der Waals surface area contributed by atoms with Gasteiger partial charge in [-0.1, -0.05) is 0 Å². The van der Waals surface area contributed by atoms with Gasteiger partial charge in [-0.3, -0.25) is 0 Å². The predicted octanol–water partition coefficient (Wildman–Crippen LogP) is 0.786. The lowest BCUT2D eigenvalue weighted by Gasteiger charge is -2.08. The predicted molar refractivity (Wildman–Crippen MR) is 45.6 cm³/mol. The molecular weight excluding hydrogens is 160 g/mol. The molecule has 0 aliphatic rings. The third kappa shape index (κ3) is 2.57. The first kappa shape index (κ1) is 8.64. The molecule has 1 atom stereocenters. The largest absolute Gasteiger partial charge is 0.395 e. The topological polar surface area (TPSA) is 45.1 Å². The molecule has 0 spiro atoms. The van der Waals surface area contributed by atoms with Crippen molar-refractivity contribution in [1.82, 2.24) is 10.3 Å². The maximum Gasteiger partial charge on any atom is 0.0795 e. The number of aliphatic hydroxyl groups is 1. The maximum atomic E-state index is 8.53. The molecule has 4 heteroatoms. The highest BCUT2D eigenvalue weighted by Gasteiger charge is 2.04. The Kier molecular flexibility index (Phi) is 3.48. The van der Waals surface area contributed by atoms with Crippen LogP contribution in [0.5, 0.6) is 0 Å². The van der Waals surface area contributed by atoms with Gasteiger partial charge >= 0.3 is 0 Å². The molecule has 1 heterocycles. The summed E-state index contributed by atoms with van der Waals surface area (Å²) in [5, 5.41) is 13.7. The molecule has 0 aliphatic carbocycles. The van der Waals surface area contributed by atoms with Crippen molar-refractivity contribution < 1.29 is 5.11 Å². The number of nitrogens with one attached hydrogen (secondary N) is 1. The van der Waals surface area contributed by atoms with Gasteiger partial charge in [0.1, 0.15) is 0 Å². The Hall–Kier alpha value is -0.450. The van der Waals surface area contributed by atoms with Crippen LogP contribution >= 0.6 is 11.3 Å². The number of thiazole rings is 1. The van der Waals surface area contributed by atoms with Gasteiger partial charge in [-0.2, -0.15) is 0 Å². The van der Waals surface area contributed by atoms with E-state index >= 15 is 0 Å². The van der Waals surface area contributed by atoms with Gasteiger partial charge in [-0.25, -0.2) is 4.98 Å². The minimum Gasteiger partial charge on any atom is -0.395 e. The molecular formula is C7H12N2OS. The highest BCUT2D eigenvalue weighted by Crippen LogP contribution is 2.10. The number of hydrogen-bond donors (Lipinski definition) is 2. The molecule has 3 nitrogen and oxygen atoms in total. The average molecular weight is 172 g/mol. The van der Waals surface area contributed by atoms with E-state index in [1.807, 2.05) is 17.8 Å². The second-order valence-corrected chi connectivity index (χ2v) is 3.03. The number of aliphatic hydroxyl groups excluding tert-OH is 1. The number of hydrogen-bond acceptors (Lipinski definition) is 4. The molecule has 0 bridgehead atoms. The summed E-state index contributed by atoms with van der Waals surface area (Å²) in [6, 6.07) is 0.244. The standard InChI is InChI=1S/C7H12N2OS/c1-6(8-2-3-10)7-4-11-5-9-7/h4-6,8,10H,2-3H2,1H3. The summed E-state index contributed by atoms with van der Waals surface area (Å²) in [4.78, 5) is 4.14. The fraction of sp³-hybridized carbons (Fsp3) is 0.571. The van der Waals surface area contributed by atoms with Crippen molar-refractivity contribution in [2.75, 3.05) is 13.2 Å². The molecule has 62 valence electrons. The van der Waals surface area contributed by atoms with Gasteiger partial charge in [0.15, 0.2) is 0 Å². The Balaban J connectivity index is 2.36. The van der Waals surface area contributed by atoms with E-state index in [4.69, 9.17) is 5.11 Å². The molecule has 0 fully saturated rings. The van der Waals surface area contributed by atoms with Crippen LogP contribution in [0.15, 0.2) is 10.9 Å². The normalized spacial score (nSPS) is 13.3. The van der Waals surface area contributed by atoms with Gasteiger partial charge in [0, 0.05) is 18.0 Å². The van der Waals surface area contributed by atoms with E-state index in [0.29, 0.717) is 6.54 Å². The maximum absolute atomic E-state index is 8.53. The highest BCUT2D eigenvalue weighted by atomic mass is 32.1. The van der Waals surface area contributed by atoms with Crippen molar-refractivity contribution in [3.8, 4) is 0 Å². The van der Waals surface area contributed by atoms with E-state index in [-0.39, 0.29) is 12.6 Å². The number of nitrogens with zero attached hydrogens (tertiary/aromatic N) is 1. The van der Waals surface area contributed by atoms with Gasteiger partial charge < -0.3 is 10.4 Å². The van der Waals surface area contributed by atoms with Crippen molar-refractivity contribution in [3.05, 3.63) is 16.6 Å². The van der Waals surface area contributed by atoms with Crippen LogP contribution in [-0.2, 0) is 0 Å². The second-order valence-electron chi connectivity index (χ2n) is 2.31. The minimum atomic E-state index is 0.175. The Morgan fingerprint density at radius 2 is 2.64 bits per heavy atom. The molecule has 0 aromatic carbocycles. The number of rotatable bonds is 4. The molecule has 11 heavy (non-hydrogen) atoms.